The Labute approximate surface area is 206 Å². The number of likely N-dealkylation sites (N-methyl/N-ethyl adjacent to an activating group) is 1. The van der Waals surface area contributed by atoms with Crippen molar-refractivity contribution < 1.29 is 36.6 Å². The lowest BCUT2D eigenvalue weighted by Crippen LogP contribution is -2.26. The number of nitrogens with one attached hydrogen (secondary N) is 1. The minimum Gasteiger partial charge on any atom is -0.435 e. The van der Waals surface area contributed by atoms with E-state index >= 15 is 0 Å². The number of alkyl halides is 4. The van der Waals surface area contributed by atoms with Gasteiger partial charge in [-0.25, -0.2) is 9.50 Å². The standard InChI is InChI=1S/C22H19F4N7O4/c1-31(2)17(34)11-32-10-15(29-20(35)14-9-28-33-7-3-6-27-19(14)33)18(30-32)13-8-12(36-21(23)24)4-5-16(13)37-22(25)26/h3-10,21-22H,11H2,1-2H3,(H,29,35). The highest BCUT2D eigenvalue weighted by atomic mass is 19.3. The molecule has 0 aliphatic rings. The highest BCUT2D eigenvalue weighted by Crippen LogP contribution is 2.38. The van der Waals surface area contributed by atoms with Gasteiger partial charge in [-0.1, -0.05) is 0 Å². The molecule has 11 nitrogen and oxygen atoms in total. The van der Waals surface area contributed by atoms with Gasteiger partial charge < -0.3 is 19.7 Å². The predicted octanol–water partition coefficient (Wildman–Crippen LogP) is 3.14. The van der Waals surface area contributed by atoms with Crippen molar-refractivity contribution in [3.05, 3.63) is 54.6 Å². The van der Waals surface area contributed by atoms with Crippen molar-refractivity contribution in [1.82, 2.24) is 29.3 Å². The number of nitrogens with zero attached hydrogens (tertiary/aromatic N) is 6. The van der Waals surface area contributed by atoms with Crippen molar-refractivity contribution in [1.29, 1.82) is 0 Å². The number of amides is 2. The van der Waals surface area contributed by atoms with E-state index in [0.717, 1.165) is 22.9 Å². The van der Waals surface area contributed by atoms with Crippen molar-refractivity contribution in [3.8, 4) is 22.8 Å². The maximum Gasteiger partial charge on any atom is 0.387 e. The first-order chi connectivity index (χ1) is 17.6. The van der Waals surface area contributed by atoms with Gasteiger partial charge in [-0.3, -0.25) is 14.3 Å². The van der Waals surface area contributed by atoms with Gasteiger partial charge in [0.15, 0.2) is 5.65 Å². The van der Waals surface area contributed by atoms with Crippen LogP contribution in [0.1, 0.15) is 10.4 Å². The average Bonchev–Trinajstić information content (AvgIpc) is 3.43. The van der Waals surface area contributed by atoms with E-state index < -0.39 is 24.9 Å². The maximum atomic E-state index is 13.1. The summed E-state index contributed by atoms with van der Waals surface area (Å²) in [6.07, 6.45) is 5.62. The van der Waals surface area contributed by atoms with E-state index in [1.165, 1.54) is 42.1 Å². The third-order valence-corrected chi connectivity index (χ3v) is 4.98. The Morgan fingerprint density at radius 1 is 1.14 bits per heavy atom. The minimum absolute atomic E-state index is 0.0276. The monoisotopic (exact) mass is 521 g/mol. The molecule has 0 atom stereocenters. The quantitative estimate of drug-likeness (QED) is 0.337. The Balaban J connectivity index is 1.79. The highest BCUT2D eigenvalue weighted by Gasteiger charge is 2.23. The van der Waals surface area contributed by atoms with Crippen molar-refractivity contribution in [2.45, 2.75) is 19.8 Å². The average molecular weight is 521 g/mol. The Morgan fingerprint density at radius 2 is 1.89 bits per heavy atom. The molecule has 0 spiro atoms. The van der Waals surface area contributed by atoms with Gasteiger partial charge in [0.2, 0.25) is 5.91 Å². The summed E-state index contributed by atoms with van der Waals surface area (Å²) in [6, 6.07) is 4.65. The SMILES string of the molecule is CN(C)C(=O)Cn1cc(NC(=O)c2cnn3cccnc23)c(-c2cc(OC(F)F)ccc2OC(F)F)n1. The summed E-state index contributed by atoms with van der Waals surface area (Å²) in [6.45, 7) is -6.71. The van der Waals surface area contributed by atoms with Gasteiger partial charge in [0.1, 0.15) is 29.3 Å². The van der Waals surface area contributed by atoms with Gasteiger partial charge in [-0.15, -0.1) is 0 Å². The Morgan fingerprint density at radius 3 is 2.59 bits per heavy atom. The lowest BCUT2D eigenvalue weighted by molar-refractivity contribution is -0.129. The van der Waals surface area contributed by atoms with E-state index in [0.29, 0.717) is 0 Å². The van der Waals surface area contributed by atoms with Crippen LogP contribution >= 0.6 is 0 Å². The number of hydrogen-bond acceptors (Lipinski definition) is 7. The predicted molar refractivity (Wildman–Crippen MR) is 121 cm³/mol. The first kappa shape index (κ1) is 25.4. The minimum atomic E-state index is -3.25. The van der Waals surface area contributed by atoms with E-state index in [9.17, 15) is 27.2 Å². The van der Waals surface area contributed by atoms with Crippen LogP contribution in [0, 0.1) is 0 Å². The van der Waals surface area contributed by atoms with Crippen LogP contribution in [-0.4, -0.2) is 68.4 Å². The number of anilines is 1. The molecule has 194 valence electrons. The van der Waals surface area contributed by atoms with Crippen molar-refractivity contribution in [2.24, 2.45) is 0 Å². The van der Waals surface area contributed by atoms with Crippen molar-refractivity contribution in [2.75, 3.05) is 19.4 Å². The summed E-state index contributed by atoms with van der Waals surface area (Å²) in [5.74, 6) is -1.83. The number of ether oxygens (including phenoxy) is 2. The van der Waals surface area contributed by atoms with Crippen LogP contribution in [0.2, 0.25) is 0 Å². The number of hydrogen-bond donors (Lipinski definition) is 1. The topological polar surface area (TPSA) is 116 Å². The molecule has 0 fully saturated rings. The fourth-order valence-corrected chi connectivity index (χ4v) is 3.32. The second kappa shape index (κ2) is 10.5. The first-order valence-corrected chi connectivity index (χ1v) is 10.5. The number of aromatic nitrogens is 5. The first-order valence-electron chi connectivity index (χ1n) is 10.5. The van der Waals surface area contributed by atoms with Gasteiger partial charge in [-0.2, -0.15) is 27.8 Å². The molecule has 37 heavy (non-hydrogen) atoms. The lowest BCUT2D eigenvalue weighted by atomic mass is 10.1. The third kappa shape index (κ3) is 5.76. The molecule has 0 aliphatic carbocycles. The van der Waals surface area contributed by atoms with Gasteiger partial charge in [0.25, 0.3) is 5.91 Å². The van der Waals surface area contributed by atoms with Crippen molar-refractivity contribution in [3.63, 3.8) is 0 Å². The maximum absolute atomic E-state index is 13.1. The molecule has 1 N–H and O–H groups in total. The van der Waals surface area contributed by atoms with E-state index in [-0.39, 0.29) is 46.4 Å². The molecule has 0 unspecified atom stereocenters. The van der Waals surface area contributed by atoms with Crippen LogP contribution in [0.15, 0.2) is 49.1 Å². The number of benzene rings is 1. The van der Waals surface area contributed by atoms with E-state index in [2.05, 4.69) is 30.0 Å². The number of rotatable bonds is 9. The van der Waals surface area contributed by atoms with Gasteiger partial charge in [0, 0.05) is 32.7 Å². The van der Waals surface area contributed by atoms with Gasteiger partial charge >= 0.3 is 13.2 Å². The van der Waals surface area contributed by atoms with Crippen LogP contribution in [-0.2, 0) is 11.3 Å². The molecule has 15 heteroatoms. The van der Waals surface area contributed by atoms with E-state index in [1.807, 2.05) is 0 Å². The number of carbonyl (C=O) groups excluding carboxylic acids is 2. The molecule has 3 heterocycles. The molecule has 0 saturated carbocycles. The second-order valence-corrected chi connectivity index (χ2v) is 7.69. The normalized spacial score (nSPS) is 11.2. The van der Waals surface area contributed by atoms with Crippen LogP contribution in [0.25, 0.3) is 16.9 Å². The summed E-state index contributed by atoms with van der Waals surface area (Å²) in [4.78, 5) is 30.7. The number of fused-ring (bicyclic) bond motifs is 1. The molecular weight excluding hydrogens is 502 g/mol. The Hall–Kier alpha value is -4.69. The molecule has 4 aromatic rings. The summed E-state index contributed by atoms with van der Waals surface area (Å²) < 4.78 is 63.3. The molecular formula is C22H19F4N7O4. The fourth-order valence-electron chi connectivity index (χ4n) is 3.32. The lowest BCUT2D eigenvalue weighted by Gasteiger charge is -2.13. The zero-order valence-corrected chi connectivity index (χ0v) is 19.3. The van der Waals surface area contributed by atoms with Crippen LogP contribution in [0.4, 0.5) is 23.2 Å². The number of carbonyl (C=O) groups is 2. The molecule has 0 aliphatic heterocycles. The van der Waals surface area contributed by atoms with Crippen LogP contribution in [0.3, 0.4) is 0 Å². The number of halogens is 4. The molecule has 0 radical (unpaired) electrons. The molecule has 0 bridgehead atoms. The summed E-state index contributed by atoms with van der Waals surface area (Å²) in [5, 5.41) is 10.9. The van der Waals surface area contributed by atoms with Crippen molar-refractivity contribution >= 4 is 23.1 Å². The highest BCUT2D eigenvalue weighted by molar-refractivity contribution is 6.09. The van der Waals surface area contributed by atoms with Gasteiger partial charge in [0.05, 0.1) is 17.4 Å². The third-order valence-electron chi connectivity index (χ3n) is 4.98. The zero-order valence-electron chi connectivity index (χ0n) is 19.3. The molecule has 3 aromatic heterocycles. The van der Waals surface area contributed by atoms with E-state index in [4.69, 9.17) is 0 Å². The van der Waals surface area contributed by atoms with Crippen LogP contribution < -0.4 is 14.8 Å². The summed E-state index contributed by atoms with van der Waals surface area (Å²) in [7, 11) is 3.04. The smallest absolute Gasteiger partial charge is 0.387 e. The molecule has 1 aromatic carbocycles. The summed E-state index contributed by atoms with van der Waals surface area (Å²) in [5.41, 5.74) is -0.0315. The van der Waals surface area contributed by atoms with Gasteiger partial charge in [-0.05, 0) is 24.3 Å². The Bertz CT molecular complexity index is 1440. The van der Waals surface area contributed by atoms with Crippen LogP contribution in [0.5, 0.6) is 11.5 Å². The summed E-state index contributed by atoms with van der Waals surface area (Å²) >= 11 is 0. The fraction of sp³-hybridized carbons (Fsp3) is 0.227. The van der Waals surface area contributed by atoms with E-state index in [1.54, 1.807) is 12.3 Å². The Kier molecular flexibility index (Phi) is 7.22. The molecule has 4 rings (SSSR count). The largest absolute Gasteiger partial charge is 0.435 e. The second-order valence-electron chi connectivity index (χ2n) is 7.69. The zero-order chi connectivity index (χ0) is 26.7. The molecule has 2 amide bonds. The molecule has 0 saturated heterocycles.